The fraction of sp³-hybridized carbons (Fsp3) is 0.0769. The molecule has 3 heterocycles. The first kappa shape index (κ1) is 11.3. The molecule has 0 aliphatic carbocycles. The third kappa shape index (κ3) is 1.83. The van der Waals surface area contributed by atoms with Crippen LogP contribution in [-0.4, -0.2) is 32.5 Å². The van der Waals surface area contributed by atoms with Crippen LogP contribution in [0.4, 0.5) is 0 Å². The first-order chi connectivity index (χ1) is 9.31. The number of carbonyl (C=O) groups is 1. The number of methoxy groups -OCH3 is 1. The third-order valence-corrected chi connectivity index (χ3v) is 2.74. The van der Waals surface area contributed by atoms with Gasteiger partial charge in [0.15, 0.2) is 5.69 Å². The molecule has 19 heavy (non-hydrogen) atoms. The smallest absolute Gasteiger partial charge is 0.243 e. The van der Waals surface area contributed by atoms with E-state index in [0.717, 1.165) is 5.52 Å². The van der Waals surface area contributed by atoms with Gasteiger partial charge in [-0.15, -0.1) is 0 Å². The van der Waals surface area contributed by atoms with Crippen molar-refractivity contribution in [1.82, 2.24) is 19.6 Å². The van der Waals surface area contributed by atoms with Crippen LogP contribution in [0, 0.1) is 0 Å². The molecule has 3 aromatic rings. The fourth-order valence-electron chi connectivity index (χ4n) is 1.87. The number of hydrogen-bond donors (Lipinski definition) is 0. The molecule has 3 aromatic heterocycles. The monoisotopic (exact) mass is 254 g/mol. The Labute approximate surface area is 108 Å². The van der Waals surface area contributed by atoms with Crippen LogP contribution in [-0.2, 0) is 0 Å². The minimum Gasteiger partial charge on any atom is -0.479 e. The molecule has 0 aliphatic heterocycles. The lowest BCUT2D eigenvalue weighted by Gasteiger charge is -2.03. The van der Waals surface area contributed by atoms with Gasteiger partial charge in [0.1, 0.15) is 0 Å². The van der Waals surface area contributed by atoms with Gasteiger partial charge < -0.3 is 4.74 Å². The zero-order valence-electron chi connectivity index (χ0n) is 10.1. The number of aromatic nitrogens is 4. The lowest BCUT2D eigenvalue weighted by atomic mass is 10.1. The van der Waals surface area contributed by atoms with Gasteiger partial charge in [0.25, 0.3) is 0 Å². The average molecular weight is 254 g/mol. The quantitative estimate of drug-likeness (QED) is 0.660. The lowest BCUT2D eigenvalue weighted by Crippen LogP contribution is -2.07. The highest BCUT2D eigenvalue weighted by Crippen LogP contribution is 2.19. The number of ether oxygens (including phenoxy) is 1. The van der Waals surface area contributed by atoms with Gasteiger partial charge >= 0.3 is 0 Å². The number of nitrogens with zero attached hydrogens (tertiary/aromatic N) is 4. The summed E-state index contributed by atoms with van der Waals surface area (Å²) in [5.41, 5.74) is 1.38. The average Bonchev–Trinajstić information content (AvgIpc) is 2.90. The maximum atomic E-state index is 12.5. The third-order valence-electron chi connectivity index (χ3n) is 2.74. The summed E-state index contributed by atoms with van der Waals surface area (Å²) in [4.78, 5) is 20.5. The van der Waals surface area contributed by atoms with E-state index in [0.29, 0.717) is 5.56 Å². The van der Waals surface area contributed by atoms with Crippen LogP contribution < -0.4 is 4.74 Å². The van der Waals surface area contributed by atoms with Gasteiger partial charge in [0.2, 0.25) is 11.7 Å². The Morgan fingerprint density at radius 2 is 2.11 bits per heavy atom. The number of carbonyl (C=O) groups excluding carboxylic acids is 1. The zero-order chi connectivity index (χ0) is 13.2. The number of ketones is 1. The molecule has 0 amide bonds. The predicted octanol–water partition coefficient (Wildman–Crippen LogP) is 1.36. The summed E-state index contributed by atoms with van der Waals surface area (Å²) < 4.78 is 6.69. The summed E-state index contributed by atoms with van der Waals surface area (Å²) in [6, 6.07) is 5.52. The van der Waals surface area contributed by atoms with Crippen LogP contribution in [0.2, 0.25) is 0 Å². The Morgan fingerprint density at radius 3 is 2.95 bits per heavy atom. The SMILES string of the molecule is COc1nccnc1C(=O)c1cnn2ccccc12. The Bertz CT molecular complexity index is 751. The van der Waals surface area contributed by atoms with Crippen LogP contribution >= 0.6 is 0 Å². The molecule has 0 atom stereocenters. The van der Waals surface area contributed by atoms with Crippen LogP contribution in [0.15, 0.2) is 43.0 Å². The van der Waals surface area contributed by atoms with Crippen LogP contribution in [0.5, 0.6) is 5.88 Å². The van der Waals surface area contributed by atoms with Crippen molar-refractivity contribution in [3.8, 4) is 5.88 Å². The molecule has 0 fully saturated rings. The molecule has 6 heteroatoms. The molecule has 0 unspecified atom stereocenters. The van der Waals surface area contributed by atoms with Gasteiger partial charge in [-0.2, -0.15) is 5.10 Å². The van der Waals surface area contributed by atoms with Gasteiger partial charge in [0, 0.05) is 18.6 Å². The fourth-order valence-corrected chi connectivity index (χ4v) is 1.87. The number of rotatable bonds is 3. The van der Waals surface area contributed by atoms with Crippen molar-refractivity contribution >= 4 is 11.3 Å². The molecule has 3 rings (SSSR count). The summed E-state index contributed by atoms with van der Waals surface area (Å²) in [5.74, 6) is -0.0473. The van der Waals surface area contributed by atoms with Gasteiger partial charge in [-0.3, -0.25) is 4.79 Å². The van der Waals surface area contributed by atoms with E-state index in [1.807, 2.05) is 18.2 Å². The molecule has 94 valence electrons. The molecule has 0 N–H and O–H groups in total. The van der Waals surface area contributed by atoms with Crippen molar-refractivity contribution in [1.29, 1.82) is 0 Å². The summed E-state index contributed by atoms with van der Waals surface area (Å²) >= 11 is 0. The number of hydrogen-bond acceptors (Lipinski definition) is 5. The highest BCUT2D eigenvalue weighted by atomic mass is 16.5. The van der Waals surface area contributed by atoms with Crippen molar-refractivity contribution in [2.45, 2.75) is 0 Å². The Kier molecular flexibility index (Phi) is 2.68. The zero-order valence-corrected chi connectivity index (χ0v) is 10.1. The van der Waals surface area contributed by atoms with E-state index in [4.69, 9.17) is 4.74 Å². The Balaban J connectivity index is 2.14. The molecule has 0 saturated carbocycles. The van der Waals surface area contributed by atoms with E-state index in [9.17, 15) is 4.79 Å². The van der Waals surface area contributed by atoms with Gasteiger partial charge in [-0.25, -0.2) is 14.5 Å². The molecule has 6 nitrogen and oxygen atoms in total. The summed E-state index contributed by atoms with van der Waals surface area (Å²) in [5, 5.41) is 4.13. The van der Waals surface area contributed by atoms with Gasteiger partial charge in [-0.1, -0.05) is 6.07 Å². The molecular formula is C13H10N4O2. The van der Waals surface area contributed by atoms with E-state index in [1.165, 1.54) is 25.7 Å². The molecule has 0 radical (unpaired) electrons. The summed E-state index contributed by atoms with van der Waals surface area (Å²) in [6.45, 7) is 0. The number of fused-ring (bicyclic) bond motifs is 1. The molecule has 0 saturated heterocycles. The van der Waals surface area contributed by atoms with Crippen molar-refractivity contribution < 1.29 is 9.53 Å². The highest BCUT2D eigenvalue weighted by molar-refractivity contribution is 6.13. The largest absolute Gasteiger partial charge is 0.479 e. The standard InChI is InChI=1S/C13H10N4O2/c1-19-13-11(14-5-6-15-13)12(18)9-8-16-17-7-3-2-4-10(9)17/h2-8H,1H3. The summed E-state index contributed by atoms with van der Waals surface area (Å²) in [7, 11) is 1.46. The van der Waals surface area contributed by atoms with E-state index in [1.54, 1.807) is 10.7 Å². The topological polar surface area (TPSA) is 69.4 Å². The van der Waals surface area contributed by atoms with E-state index < -0.39 is 0 Å². The van der Waals surface area contributed by atoms with Gasteiger partial charge in [0.05, 0.1) is 24.4 Å². The minimum atomic E-state index is -0.258. The Morgan fingerprint density at radius 1 is 1.26 bits per heavy atom. The normalized spacial score (nSPS) is 10.6. The lowest BCUT2D eigenvalue weighted by molar-refractivity contribution is 0.103. The molecule has 0 aromatic carbocycles. The second-order valence-corrected chi connectivity index (χ2v) is 3.83. The summed E-state index contributed by atoms with van der Waals surface area (Å²) in [6.07, 6.45) is 6.24. The first-order valence-corrected chi connectivity index (χ1v) is 5.63. The van der Waals surface area contributed by atoms with E-state index in [2.05, 4.69) is 15.1 Å². The van der Waals surface area contributed by atoms with Crippen LogP contribution in [0.25, 0.3) is 5.52 Å². The van der Waals surface area contributed by atoms with E-state index in [-0.39, 0.29) is 17.4 Å². The first-order valence-electron chi connectivity index (χ1n) is 5.63. The van der Waals surface area contributed by atoms with Gasteiger partial charge in [-0.05, 0) is 12.1 Å². The second kappa shape index (κ2) is 4.49. The van der Waals surface area contributed by atoms with E-state index >= 15 is 0 Å². The van der Waals surface area contributed by atoms with Crippen molar-refractivity contribution in [3.05, 3.63) is 54.2 Å². The van der Waals surface area contributed by atoms with Crippen LogP contribution in [0.1, 0.15) is 16.1 Å². The molecular weight excluding hydrogens is 244 g/mol. The Hall–Kier alpha value is -2.76. The molecule has 0 aliphatic rings. The molecule has 0 spiro atoms. The molecule has 0 bridgehead atoms. The predicted molar refractivity (Wildman–Crippen MR) is 67.2 cm³/mol. The highest BCUT2D eigenvalue weighted by Gasteiger charge is 2.20. The number of pyridine rings is 1. The van der Waals surface area contributed by atoms with Crippen molar-refractivity contribution in [2.75, 3.05) is 7.11 Å². The van der Waals surface area contributed by atoms with Crippen LogP contribution in [0.3, 0.4) is 0 Å². The van der Waals surface area contributed by atoms with Crippen molar-refractivity contribution in [2.24, 2.45) is 0 Å². The maximum Gasteiger partial charge on any atom is 0.243 e. The maximum absolute atomic E-state index is 12.5. The second-order valence-electron chi connectivity index (χ2n) is 3.83. The van der Waals surface area contributed by atoms with Crippen molar-refractivity contribution in [3.63, 3.8) is 0 Å². The minimum absolute atomic E-state index is 0.184.